The number of carbonyl (C=O) groups is 1. The van der Waals surface area contributed by atoms with Crippen LogP contribution in [0.2, 0.25) is 0 Å². The third kappa shape index (κ3) is 5.98. The van der Waals surface area contributed by atoms with Gasteiger partial charge in [0.25, 0.3) is 5.91 Å². The van der Waals surface area contributed by atoms with E-state index in [-0.39, 0.29) is 18.1 Å². The molecule has 0 spiro atoms. The zero-order valence-corrected chi connectivity index (χ0v) is 19.6. The number of hydrogen-bond acceptors (Lipinski definition) is 4. The molecule has 0 bridgehead atoms. The van der Waals surface area contributed by atoms with Crippen LogP contribution in [0, 0.1) is 0 Å². The van der Waals surface area contributed by atoms with Crippen molar-refractivity contribution in [3.63, 3.8) is 0 Å². The van der Waals surface area contributed by atoms with E-state index in [0.29, 0.717) is 18.8 Å². The van der Waals surface area contributed by atoms with Gasteiger partial charge in [0, 0.05) is 13.6 Å². The van der Waals surface area contributed by atoms with Gasteiger partial charge in [0.2, 0.25) is 0 Å². The smallest absolute Gasteiger partial charge is 0.287 e. The third-order valence-electron chi connectivity index (χ3n) is 5.31. The SMILES string of the molecule is COc1ccc(CC(C)OC(C)C)cc1CCNC(=O)c1ncc(-c2ccccc2)n1C. The molecule has 2 aromatic carbocycles. The number of amides is 1. The standard InChI is InChI=1S/C26H33N3O3/c1-18(2)32-19(3)15-20-11-12-24(31-5)22(16-20)13-14-27-26(30)25-28-17-23(29(25)4)21-9-7-6-8-10-21/h6-12,16-19H,13-15H2,1-5H3,(H,27,30). The summed E-state index contributed by atoms with van der Waals surface area (Å²) < 4.78 is 13.2. The number of nitrogens with one attached hydrogen (secondary N) is 1. The van der Waals surface area contributed by atoms with Gasteiger partial charge in [-0.05, 0) is 56.4 Å². The first-order valence-electron chi connectivity index (χ1n) is 11.1. The molecular formula is C26H33N3O3. The number of nitrogens with zero attached hydrogens (tertiary/aromatic N) is 2. The van der Waals surface area contributed by atoms with Gasteiger partial charge in [0.1, 0.15) is 5.75 Å². The zero-order valence-electron chi connectivity index (χ0n) is 19.6. The first-order chi connectivity index (χ1) is 15.4. The lowest BCUT2D eigenvalue weighted by Crippen LogP contribution is -2.28. The van der Waals surface area contributed by atoms with Gasteiger partial charge in [-0.25, -0.2) is 4.98 Å². The topological polar surface area (TPSA) is 65.4 Å². The molecule has 3 aromatic rings. The van der Waals surface area contributed by atoms with Gasteiger partial charge in [0.15, 0.2) is 5.82 Å². The summed E-state index contributed by atoms with van der Waals surface area (Å²) in [5.74, 6) is 1.02. The van der Waals surface area contributed by atoms with Crippen LogP contribution in [0.1, 0.15) is 42.5 Å². The summed E-state index contributed by atoms with van der Waals surface area (Å²) in [7, 11) is 3.53. The molecule has 0 saturated heterocycles. The Hall–Kier alpha value is -3.12. The second-order valence-corrected chi connectivity index (χ2v) is 8.24. The van der Waals surface area contributed by atoms with E-state index in [4.69, 9.17) is 9.47 Å². The number of rotatable bonds is 10. The van der Waals surface area contributed by atoms with Crippen molar-refractivity contribution < 1.29 is 14.3 Å². The fourth-order valence-corrected chi connectivity index (χ4v) is 3.89. The van der Waals surface area contributed by atoms with Crippen molar-refractivity contribution in [1.82, 2.24) is 14.9 Å². The fraction of sp³-hybridized carbons (Fsp3) is 0.385. The highest BCUT2D eigenvalue weighted by Crippen LogP contribution is 2.22. The van der Waals surface area contributed by atoms with Crippen molar-refractivity contribution in [2.24, 2.45) is 7.05 Å². The number of ether oxygens (including phenoxy) is 2. The summed E-state index contributed by atoms with van der Waals surface area (Å²) in [6.07, 6.45) is 3.57. The van der Waals surface area contributed by atoms with Crippen LogP contribution in [-0.4, -0.2) is 41.3 Å². The second kappa shape index (κ2) is 11.0. The monoisotopic (exact) mass is 435 g/mol. The largest absolute Gasteiger partial charge is 0.496 e. The van der Waals surface area contributed by atoms with E-state index in [0.717, 1.165) is 29.0 Å². The normalized spacial score (nSPS) is 12.1. The molecular weight excluding hydrogens is 402 g/mol. The molecule has 0 radical (unpaired) electrons. The second-order valence-electron chi connectivity index (χ2n) is 8.24. The molecule has 0 fully saturated rings. The molecule has 1 aromatic heterocycles. The van der Waals surface area contributed by atoms with Crippen LogP contribution in [-0.2, 0) is 24.6 Å². The predicted molar refractivity (Wildman–Crippen MR) is 127 cm³/mol. The van der Waals surface area contributed by atoms with Gasteiger partial charge in [-0.1, -0.05) is 42.5 Å². The zero-order chi connectivity index (χ0) is 23.1. The van der Waals surface area contributed by atoms with Crippen molar-refractivity contribution in [3.05, 3.63) is 71.7 Å². The summed E-state index contributed by atoms with van der Waals surface area (Å²) in [6.45, 7) is 6.66. The number of methoxy groups -OCH3 is 1. The number of hydrogen-bond donors (Lipinski definition) is 1. The molecule has 6 heteroatoms. The lowest BCUT2D eigenvalue weighted by atomic mass is 10.0. The Balaban J connectivity index is 1.63. The Morgan fingerprint density at radius 2 is 1.88 bits per heavy atom. The minimum Gasteiger partial charge on any atom is -0.496 e. The van der Waals surface area contributed by atoms with E-state index >= 15 is 0 Å². The average molecular weight is 436 g/mol. The van der Waals surface area contributed by atoms with E-state index in [2.05, 4.69) is 29.4 Å². The molecule has 0 aliphatic rings. The number of imidazole rings is 1. The maximum atomic E-state index is 12.7. The molecule has 170 valence electrons. The van der Waals surface area contributed by atoms with Crippen molar-refractivity contribution in [1.29, 1.82) is 0 Å². The fourth-order valence-electron chi connectivity index (χ4n) is 3.89. The summed E-state index contributed by atoms with van der Waals surface area (Å²) in [6, 6.07) is 16.1. The van der Waals surface area contributed by atoms with Crippen LogP contribution >= 0.6 is 0 Å². The third-order valence-corrected chi connectivity index (χ3v) is 5.31. The van der Waals surface area contributed by atoms with Gasteiger partial charge >= 0.3 is 0 Å². The Labute approximate surface area is 190 Å². The summed E-state index contributed by atoms with van der Waals surface area (Å²) in [5.41, 5.74) is 4.19. The first kappa shape index (κ1) is 23.5. The van der Waals surface area contributed by atoms with Crippen molar-refractivity contribution in [3.8, 4) is 17.0 Å². The van der Waals surface area contributed by atoms with Gasteiger partial charge < -0.3 is 19.4 Å². The minimum atomic E-state index is -0.191. The van der Waals surface area contributed by atoms with Gasteiger partial charge in [0.05, 0.1) is 31.2 Å². The van der Waals surface area contributed by atoms with Crippen molar-refractivity contribution in [2.45, 2.75) is 45.8 Å². The lowest BCUT2D eigenvalue weighted by molar-refractivity contribution is 0.0195. The van der Waals surface area contributed by atoms with Crippen LogP contribution in [0.5, 0.6) is 5.75 Å². The summed E-state index contributed by atoms with van der Waals surface area (Å²) in [4.78, 5) is 17.1. The molecule has 6 nitrogen and oxygen atoms in total. The number of carbonyl (C=O) groups excluding carboxylic acids is 1. The van der Waals surface area contributed by atoms with Crippen LogP contribution in [0.3, 0.4) is 0 Å². The molecule has 3 rings (SSSR count). The highest BCUT2D eigenvalue weighted by molar-refractivity contribution is 5.91. The lowest BCUT2D eigenvalue weighted by Gasteiger charge is -2.17. The highest BCUT2D eigenvalue weighted by atomic mass is 16.5. The molecule has 1 N–H and O–H groups in total. The Bertz CT molecular complexity index is 1030. The van der Waals surface area contributed by atoms with Crippen LogP contribution < -0.4 is 10.1 Å². The Morgan fingerprint density at radius 3 is 2.56 bits per heavy atom. The van der Waals surface area contributed by atoms with Crippen LogP contribution in [0.4, 0.5) is 0 Å². The average Bonchev–Trinajstić information content (AvgIpc) is 3.15. The molecule has 0 saturated carbocycles. The number of benzene rings is 2. The van der Waals surface area contributed by atoms with Crippen LogP contribution in [0.15, 0.2) is 54.7 Å². The Morgan fingerprint density at radius 1 is 1.12 bits per heavy atom. The quantitative estimate of drug-likeness (QED) is 0.512. The van der Waals surface area contributed by atoms with E-state index in [1.807, 2.05) is 61.9 Å². The predicted octanol–water partition coefficient (Wildman–Crippen LogP) is 4.42. The number of aromatic nitrogens is 2. The maximum absolute atomic E-state index is 12.7. The Kier molecular flexibility index (Phi) is 8.06. The van der Waals surface area contributed by atoms with E-state index in [9.17, 15) is 4.79 Å². The molecule has 0 aliphatic carbocycles. The highest BCUT2D eigenvalue weighted by Gasteiger charge is 2.16. The molecule has 0 aliphatic heterocycles. The molecule has 1 amide bonds. The maximum Gasteiger partial charge on any atom is 0.287 e. The van der Waals surface area contributed by atoms with Gasteiger partial charge in [-0.2, -0.15) is 0 Å². The first-order valence-corrected chi connectivity index (χ1v) is 11.1. The van der Waals surface area contributed by atoms with E-state index in [1.54, 1.807) is 13.3 Å². The van der Waals surface area contributed by atoms with Crippen LogP contribution in [0.25, 0.3) is 11.3 Å². The van der Waals surface area contributed by atoms with Gasteiger partial charge in [-0.15, -0.1) is 0 Å². The summed E-state index contributed by atoms with van der Waals surface area (Å²) >= 11 is 0. The molecule has 1 atom stereocenters. The summed E-state index contributed by atoms with van der Waals surface area (Å²) in [5, 5.41) is 2.99. The van der Waals surface area contributed by atoms with E-state index < -0.39 is 0 Å². The van der Waals surface area contributed by atoms with Crippen molar-refractivity contribution in [2.75, 3.05) is 13.7 Å². The van der Waals surface area contributed by atoms with Crippen molar-refractivity contribution >= 4 is 5.91 Å². The molecule has 1 unspecified atom stereocenters. The molecule has 1 heterocycles. The van der Waals surface area contributed by atoms with E-state index in [1.165, 1.54) is 5.56 Å². The molecule has 32 heavy (non-hydrogen) atoms. The van der Waals surface area contributed by atoms with Gasteiger partial charge in [-0.3, -0.25) is 4.79 Å². The minimum absolute atomic E-state index is 0.137.